The Labute approximate surface area is 145 Å². The lowest BCUT2D eigenvalue weighted by Gasteiger charge is -2.41. The first-order chi connectivity index (χ1) is 11.2. The highest BCUT2D eigenvalue weighted by atomic mass is 28.4. The molecule has 0 N–H and O–H groups in total. The van der Waals surface area contributed by atoms with Crippen LogP contribution in [-0.4, -0.2) is 32.3 Å². The van der Waals surface area contributed by atoms with Crippen LogP contribution in [0.1, 0.15) is 26.3 Å². The standard InChI is InChI=1S/C18H27NO4Si/c1-18(2,3)24(4,5)23-16-12-9-13-22-19(16)17(20)21-14-15-10-7-6-8-11-15/h6-12,16H,13-14H2,1-5H3. The zero-order valence-corrected chi connectivity index (χ0v) is 16.1. The maximum absolute atomic E-state index is 12.4. The van der Waals surface area contributed by atoms with Gasteiger partial charge in [0.05, 0.1) is 6.61 Å². The molecule has 1 aliphatic rings. The fourth-order valence-electron chi connectivity index (χ4n) is 1.95. The quantitative estimate of drug-likeness (QED) is 0.594. The predicted molar refractivity (Wildman–Crippen MR) is 95.6 cm³/mol. The van der Waals surface area contributed by atoms with Gasteiger partial charge in [-0.3, -0.25) is 4.84 Å². The molecule has 1 aromatic carbocycles. The lowest BCUT2D eigenvalue weighted by atomic mass is 10.2. The van der Waals surface area contributed by atoms with E-state index >= 15 is 0 Å². The Morgan fingerprint density at radius 2 is 1.96 bits per heavy atom. The minimum absolute atomic E-state index is 0.0396. The van der Waals surface area contributed by atoms with Gasteiger partial charge in [0.2, 0.25) is 0 Å². The number of hydroxylamine groups is 2. The molecule has 1 atom stereocenters. The predicted octanol–water partition coefficient (Wildman–Crippen LogP) is 4.47. The van der Waals surface area contributed by atoms with E-state index in [0.717, 1.165) is 5.56 Å². The Kier molecular flexibility index (Phi) is 5.85. The van der Waals surface area contributed by atoms with Crippen LogP contribution in [0.4, 0.5) is 4.79 Å². The Morgan fingerprint density at radius 1 is 1.29 bits per heavy atom. The second-order valence-corrected chi connectivity index (χ2v) is 12.1. The lowest BCUT2D eigenvalue weighted by molar-refractivity contribution is -0.193. The van der Waals surface area contributed by atoms with Gasteiger partial charge in [-0.15, -0.1) is 0 Å². The van der Waals surface area contributed by atoms with Crippen molar-refractivity contribution < 1.29 is 18.8 Å². The van der Waals surface area contributed by atoms with Gasteiger partial charge in [-0.1, -0.05) is 57.2 Å². The summed E-state index contributed by atoms with van der Waals surface area (Å²) in [5.74, 6) is 0. The van der Waals surface area contributed by atoms with E-state index in [0.29, 0.717) is 6.61 Å². The molecule has 1 aliphatic heterocycles. The second-order valence-electron chi connectivity index (χ2n) is 7.36. The third kappa shape index (κ3) is 4.69. The van der Waals surface area contributed by atoms with Gasteiger partial charge in [0.15, 0.2) is 14.5 Å². The number of nitrogens with zero attached hydrogens (tertiary/aromatic N) is 1. The number of hydrogen-bond donors (Lipinski definition) is 0. The van der Waals surface area contributed by atoms with E-state index in [-0.39, 0.29) is 11.6 Å². The van der Waals surface area contributed by atoms with Crippen LogP contribution < -0.4 is 0 Å². The third-order valence-electron chi connectivity index (χ3n) is 4.45. The monoisotopic (exact) mass is 349 g/mol. The van der Waals surface area contributed by atoms with Gasteiger partial charge in [0.25, 0.3) is 0 Å². The maximum atomic E-state index is 12.4. The van der Waals surface area contributed by atoms with Crippen LogP contribution in [0.2, 0.25) is 18.1 Å². The molecule has 0 fully saturated rings. The van der Waals surface area contributed by atoms with E-state index in [9.17, 15) is 4.79 Å². The molecular formula is C18H27NO4Si. The van der Waals surface area contributed by atoms with E-state index in [1.165, 1.54) is 5.06 Å². The Bertz CT molecular complexity index is 580. The molecule has 1 unspecified atom stereocenters. The van der Waals surface area contributed by atoms with Gasteiger partial charge in [-0.25, -0.2) is 4.79 Å². The molecule has 0 bridgehead atoms. The van der Waals surface area contributed by atoms with E-state index in [1.54, 1.807) is 0 Å². The van der Waals surface area contributed by atoms with Crippen molar-refractivity contribution in [2.24, 2.45) is 0 Å². The summed E-state index contributed by atoms with van der Waals surface area (Å²) >= 11 is 0. The molecule has 132 valence electrons. The summed E-state index contributed by atoms with van der Waals surface area (Å²) in [7, 11) is -2.05. The molecule has 24 heavy (non-hydrogen) atoms. The van der Waals surface area contributed by atoms with Crippen molar-refractivity contribution in [1.82, 2.24) is 5.06 Å². The van der Waals surface area contributed by atoms with Crippen LogP contribution in [0.5, 0.6) is 0 Å². The molecule has 5 nitrogen and oxygen atoms in total. The number of rotatable bonds is 4. The van der Waals surface area contributed by atoms with Crippen LogP contribution in [0, 0.1) is 0 Å². The summed E-state index contributed by atoms with van der Waals surface area (Å²) in [6.07, 6.45) is 2.63. The van der Waals surface area contributed by atoms with Crippen LogP contribution in [0.3, 0.4) is 0 Å². The Balaban J connectivity index is 2.01. The third-order valence-corrected chi connectivity index (χ3v) is 8.89. The highest BCUT2D eigenvalue weighted by Gasteiger charge is 2.41. The summed E-state index contributed by atoms with van der Waals surface area (Å²) in [5, 5.41) is 1.24. The van der Waals surface area contributed by atoms with E-state index in [2.05, 4.69) is 33.9 Å². The van der Waals surface area contributed by atoms with Gasteiger partial charge in [-0.05, 0) is 29.8 Å². The van der Waals surface area contributed by atoms with Gasteiger partial charge in [0.1, 0.15) is 6.61 Å². The number of ether oxygens (including phenoxy) is 1. The summed E-state index contributed by atoms with van der Waals surface area (Å²) in [5.41, 5.74) is 0.931. The summed E-state index contributed by atoms with van der Waals surface area (Å²) in [4.78, 5) is 17.9. The Morgan fingerprint density at radius 3 is 2.58 bits per heavy atom. The van der Waals surface area contributed by atoms with Gasteiger partial charge >= 0.3 is 6.09 Å². The molecule has 0 spiro atoms. The van der Waals surface area contributed by atoms with Crippen molar-refractivity contribution in [3.05, 3.63) is 48.0 Å². The van der Waals surface area contributed by atoms with E-state index < -0.39 is 20.6 Å². The number of carbonyl (C=O) groups excluding carboxylic acids is 1. The van der Waals surface area contributed by atoms with Crippen molar-refractivity contribution in [2.75, 3.05) is 6.61 Å². The molecule has 0 aromatic heterocycles. The molecular weight excluding hydrogens is 322 g/mol. The highest BCUT2D eigenvalue weighted by molar-refractivity contribution is 6.74. The molecule has 0 radical (unpaired) electrons. The molecule has 6 heteroatoms. The largest absolute Gasteiger partial charge is 0.443 e. The zero-order valence-electron chi connectivity index (χ0n) is 15.1. The SMILES string of the molecule is CC(C)(C)[Si](C)(C)OC1C=CCON1C(=O)OCc1ccccc1. The van der Waals surface area contributed by atoms with E-state index in [1.807, 2.05) is 42.5 Å². The number of hydrogen-bond acceptors (Lipinski definition) is 4. The molecule has 0 aliphatic carbocycles. The Hall–Kier alpha value is -1.63. The molecule has 0 saturated heterocycles. The van der Waals surface area contributed by atoms with Crippen LogP contribution in [-0.2, 0) is 20.6 Å². The fraction of sp³-hybridized carbons (Fsp3) is 0.500. The number of benzene rings is 1. The summed E-state index contributed by atoms with van der Waals surface area (Å²) in [6, 6.07) is 9.56. The van der Waals surface area contributed by atoms with Gasteiger partial charge < -0.3 is 9.16 Å². The number of carbonyl (C=O) groups is 1. The average molecular weight is 350 g/mol. The first-order valence-corrected chi connectivity index (χ1v) is 11.1. The van der Waals surface area contributed by atoms with E-state index in [4.69, 9.17) is 14.0 Å². The van der Waals surface area contributed by atoms with Crippen molar-refractivity contribution >= 4 is 14.4 Å². The minimum atomic E-state index is -2.05. The van der Waals surface area contributed by atoms with Crippen molar-refractivity contribution in [3.8, 4) is 0 Å². The van der Waals surface area contributed by atoms with Gasteiger partial charge in [0, 0.05) is 0 Å². The van der Waals surface area contributed by atoms with Crippen LogP contribution >= 0.6 is 0 Å². The topological polar surface area (TPSA) is 48.0 Å². The highest BCUT2D eigenvalue weighted by Crippen LogP contribution is 2.38. The molecule has 1 amide bonds. The second kappa shape index (κ2) is 7.50. The van der Waals surface area contributed by atoms with Crippen LogP contribution in [0.15, 0.2) is 42.5 Å². The van der Waals surface area contributed by atoms with Crippen LogP contribution in [0.25, 0.3) is 0 Å². The zero-order chi connectivity index (χ0) is 17.8. The van der Waals surface area contributed by atoms with Gasteiger partial charge in [-0.2, -0.15) is 5.06 Å². The van der Waals surface area contributed by atoms with Crippen molar-refractivity contribution in [3.63, 3.8) is 0 Å². The molecule has 0 saturated carbocycles. The lowest BCUT2D eigenvalue weighted by Crippen LogP contribution is -2.51. The average Bonchev–Trinajstić information content (AvgIpc) is 2.52. The van der Waals surface area contributed by atoms with Crippen molar-refractivity contribution in [1.29, 1.82) is 0 Å². The first kappa shape index (κ1) is 18.7. The smallest absolute Gasteiger partial charge is 0.437 e. The summed E-state index contributed by atoms with van der Waals surface area (Å²) < 4.78 is 11.6. The molecule has 1 aromatic rings. The maximum Gasteiger partial charge on any atom is 0.437 e. The fourth-order valence-corrected chi connectivity index (χ4v) is 3.08. The first-order valence-electron chi connectivity index (χ1n) is 8.18. The minimum Gasteiger partial charge on any atom is -0.443 e. The number of amides is 1. The molecule has 1 heterocycles. The normalized spacial score (nSPS) is 18.5. The summed E-state index contributed by atoms with van der Waals surface area (Å²) in [6.45, 7) is 11.3. The molecule has 2 rings (SSSR count). The van der Waals surface area contributed by atoms with Crippen molar-refractivity contribution in [2.45, 2.75) is 51.7 Å².